The summed E-state index contributed by atoms with van der Waals surface area (Å²) >= 11 is 0. The van der Waals surface area contributed by atoms with Crippen molar-refractivity contribution in [3.8, 4) is 0 Å². The molecule has 134 valence electrons. The van der Waals surface area contributed by atoms with Gasteiger partial charge in [-0.2, -0.15) is 0 Å². The summed E-state index contributed by atoms with van der Waals surface area (Å²) in [6, 6.07) is 0. The highest BCUT2D eigenvalue weighted by Gasteiger charge is 2.58. The second kappa shape index (κ2) is 4.92. The van der Waals surface area contributed by atoms with Crippen molar-refractivity contribution in [3.63, 3.8) is 0 Å². The van der Waals surface area contributed by atoms with Crippen molar-refractivity contribution in [1.82, 2.24) is 0 Å². The standard InChI is InChI=1S/C20H24O5/c1-9-5-6-12-14(10(2)18(22)25-12)16-13(9)15-11(7-19(16,3)23)8-20(4,24)17(15)21/h12-13,16,23-24H,1,5-8H2,2-4H3. The number of fused-ring (bicyclic) bond motifs is 4. The lowest BCUT2D eigenvalue weighted by atomic mass is 9.62. The van der Waals surface area contributed by atoms with Gasteiger partial charge < -0.3 is 14.9 Å². The summed E-state index contributed by atoms with van der Waals surface area (Å²) in [5.41, 5.74) is 1.10. The Morgan fingerprint density at radius 1 is 1.20 bits per heavy atom. The zero-order valence-electron chi connectivity index (χ0n) is 14.9. The van der Waals surface area contributed by atoms with Crippen molar-refractivity contribution in [2.24, 2.45) is 11.8 Å². The van der Waals surface area contributed by atoms with E-state index in [9.17, 15) is 19.8 Å². The Morgan fingerprint density at radius 2 is 1.88 bits per heavy atom. The van der Waals surface area contributed by atoms with Gasteiger partial charge >= 0.3 is 5.97 Å². The molecular formula is C20H24O5. The summed E-state index contributed by atoms with van der Waals surface area (Å²) in [6.07, 6.45) is 1.46. The number of allylic oxidation sites excluding steroid dienone is 1. The Kier molecular flexibility index (Phi) is 3.29. The van der Waals surface area contributed by atoms with Gasteiger partial charge in [0, 0.05) is 29.4 Å². The molecule has 5 atom stereocenters. The van der Waals surface area contributed by atoms with Crippen LogP contribution in [0.2, 0.25) is 0 Å². The van der Waals surface area contributed by atoms with Crippen LogP contribution in [-0.4, -0.2) is 39.3 Å². The average Bonchev–Trinajstić information content (AvgIpc) is 2.81. The van der Waals surface area contributed by atoms with Gasteiger partial charge in [-0.1, -0.05) is 17.7 Å². The van der Waals surface area contributed by atoms with Crippen molar-refractivity contribution in [2.75, 3.05) is 0 Å². The van der Waals surface area contributed by atoms with Crippen LogP contribution < -0.4 is 0 Å². The van der Waals surface area contributed by atoms with E-state index in [1.165, 1.54) is 6.92 Å². The van der Waals surface area contributed by atoms with E-state index in [2.05, 4.69) is 6.58 Å². The van der Waals surface area contributed by atoms with Crippen LogP contribution in [-0.2, 0) is 14.3 Å². The first-order valence-corrected chi connectivity index (χ1v) is 8.85. The molecule has 1 aliphatic heterocycles. The molecule has 0 aromatic heterocycles. The number of esters is 1. The first-order chi connectivity index (χ1) is 11.5. The first-order valence-electron chi connectivity index (χ1n) is 8.85. The Hall–Kier alpha value is -1.72. The van der Waals surface area contributed by atoms with Crippen LogP contribution in [0.25, 0.3) is 0 Å². The number of ketones is 1. The third kappa shape index (κ3) is 2.15. The minimum atomic E-state index is -1.42. The molecule has 0 radical (unpaired) electrons. The van der Waals surface area contributed by atoms with Gasteiger partial charge in [-0.25, -0.2) is 4.79 Å². The summed E-state index contributed by atoms with van der Waals surface area (Å²) in [7, 11) is 0. The molecule has 5 unspecified atom stereocenters. The lowest BCUT2D eigenvalue weighted by molar-refractivity contribution is -0.140. The molecule has 4 aliphatic rings. The Labute approximate surface area is 147 Å². The molecule has 2 N–H and O–H groups in total. The number of rotatable bonds is 0. The Balaban J connectivity index is 1.94. The number of carbonyl (C=O) groups is 2. The topological polar surface area (TPSA) is 83.8 Å². The quantitative estimate of drug-likeness (QED) is 0.519. The Bertz CT molecular complexity index is 780. The summed E-state index contributed by atoms with van der Waals surface area (Å²) < 4.78 is 5.51. The largest absolute Gasteiger partial charge is 0.454 e. The minimum Gasteiger partial charge on any atom is -0.454 e. The van der Waals surface area contributed by atoms with E-state index in [1.54, 1.807) is 13.8 Å². The van der Waals surface area contributed by atoms with Crippen LogP contribution in [0, 0.1) is 11.8 Å². The summed E-state index contributed by atoms with van der Waals surface area (Å²) in [5, 5.41) is 21.8. The molecule has 0 amide bonds. The molecule has 0 aromatic carbocycles. The van der Waals surface area contributed by atoms with Gasteiger partial charge in [0.1, 0.15) is 11.7 Å². The molecule has 0 saturated heterocycles. The van der Waals surface area contributed by atoms with E-state index < -0.39 is 17.1 Å². The lowest BCUT2D eigenvalue weighted by Crippen LogP contribution is -2.46. The molecule has 5 heteroatoms. The van der Waals surface area contributed by atoms with Gasteiger partial charge in [-0.3, -0.25) is 4.79 Å². The molecule has 25 heavy (non-hydrogen) atoms. The summed E-state index contributed by atoms with van der Waals surface area (Å²) in [5.74, 6) is -1.40. The monoisotopic (exact) mass is 344 g/mol. The van der Waals surface area contributed by atoms with Gasteiger partial charge in [0.25, 0.3) is 0 Å². The van der Waals surface area contributed by atoms with Crippen LogP contribution in [0.4, 0.5) is 0 Å². The van der Waals surface area contributed by atoms with Crippen LogP contribution in [0.15, 0.2) is 34.4 Å². The number of Topliss-reactive ketones (excluding diaryl/α,β-unsaturated/α-hetero) is 1. The van der Waals surface area contributed by atoms with Crippen LogP contribution in [0.3, 0.4) is 0 Å². The third-order valence-corrected chi connectivity index (χ3v) is 6.40. The third-order valence-electron chi connectivity index (χ3n) is 6.40. The van der Waals surface area contributed by atoms with Gasteiger partial charge in [-0.05, 0) is 45.6 Å². The van der Waals surface area contributed by atoms with E-state index in [-0.39, 0.29) is 30.2 Å². The van der Waals surface area contributed by atoms with Crippen LogP contribution in [0.1, 0.15) is 46.5 Å². The molecule has 0 spiro atoms. The zero-order valence-corrected chi connectivity index (χ0v) is 14.9. The molecular weight excluding hydrogens is 320 g/mol. The maximum atomic E-state index is 12.9. The fourth-order valence-electron chi connectivity index (χ4n) is 5.34. The van der Waals surface area contributed by atoms with E-state index in [4.69, 9.17) is 4.74 Å². The second-order valence-corrected chi connectivity index (χ2v) is 8.46. The maximum Gasteiger partial charge on any atom is 0.334 e. The average molecular weight is 344 g/mol. The number of aliphatic hydroxyl groups is 2. The van der Waals surface area contributed by atoms with E-state index in [0.717, 1.165) is 16.7 Å². The number of ether oxygens (including phenoxy) is 1. The number of carbonyl (C=O) groups excluding carboxylic acids is 2. The van der Waals surface area contributed by atoms with Crippen molar-refractivity contribution in [3.05, 3.63) is 34.4 Å². The Morgan fingerprint density at radius 3 is 2.56 bits per heavy atom. The van der Waals surface area contributed by atoms with Gasteiger partial charge in [0.15, 0.2) is 5.78 Å². The second-order valence-electron chi connectivity index (χ2n) is 8.46. The predicted octanol–water partition coefficient (Wildman–Crippen LogP) is 1.99. The fourth-order valence-corrected chi connectivity index (χ4v) is 5.34. The molecule has 5 nitrogen and oxygen atoms in total. The SMILES string of the molecule is C=C1CCC2OC(=O)C(C)=C2C2C1C1=C(CC(C)(O)C1=O)CC2(C)O. The molecule has 1 saturated carbocycles. The summed E-state index contributed by atoms with van der Waals surface area (Å²) in [6.45, 7) is 9.22. The molecule has 1 fully saturated rings. The fraction of sp³-hybridized carbons (Fsp3) is 0.600. The van der Waals surface area contributed by atoms with E-state index in [0.29, 0.717) is 30.4 Å². The van der Waals surface area contributed by atoms with Crippen LogP contribution >= 0.6 is 0 Å². The molecule has 1 heterocycles. The lowest BCUT2D eigenvalue weighted by Gasteiger charge is -2.44. The van der Waals surface area contributed by atoms with E-state index >= 15 is 0 Å². The highest BCUT2D eigenvalue weighted by atomic mass is 16.5. The first kappa shape index (κ1) is 16.7. The molecule has 4 rings (SSSR count). The van der Waals surface area contributed by atoms with Gasteiger partial charge in [-0.15, -0.1) is 0 Å². The van der Waals surface area contributed by atoms with Crippen molar-refractivity contribution >= 4 is 11.8 Å². The molecule has 0 aromatic rings. The smallest absolute Gasteiger partial charge is 0.334 e. The number of hydrogen-bond acceptors (Lipinski definition) is 5. The molecule has 0 bridgehead atoms. The number of hydrogen-bond donors (Lipinski definition) is 2. The van der Waals surface area contributed by atoms with E-state index in [1.807, 2.05) is 0 Å². The molecule has 3 aliphatic carbocycles. The highest BCUT2D eigenvalue weighted by molar-refractivity contribution is 6.06. The van der Waals surface area contributed by atoms with Crippen molar-refractivity contribution in [1.29, 1.82) is 0 Å². The predicted molar refractivity (Wildman–Crippen MR) is 90.4 cm³/mol. The van der Waals surface area contributed by atoms with Gasteiger partial charge in [0.05, 0.1) is 5.60 Å². The van der Waals surface area contributed by atoms with Gasteiger partial charge in [0.2, 0.25) is 0 Å². The van der Waals surface area contributed by atoms with Crippen molar-refractivity contribution < 1.29 is 24.5 Å². The van der Waals surface area contributed by atoms with Crippen molar-refractivity contribution in [2.45, 2.75) is 63.8 Å². The normalized spacial score (nSPS) is 43.7. The zero-order chi connectivity index (χ0) is 18.3. The van der Waals surface area contributed by atoms with Crippen LogP contribution in [0.5, 0.6) is 0 Å². The minimum absolute atomic E-state index is 0.255. The maximum absolute atomic E-state index is 12.9. The summed E-state index contributed by atoms with van der Waals surface area (Å²) in [4.78, 5) is 25.0. The highest BCUT2D eigenvalue weighted by Crippen LogP contribution is 2.57.